The van der Waals surface area contributed by atoms with Crippen LogP contribution in [0.25, 0.3) is 0 Å². The number of ether oxygens (including phenoxy) is 1. The minimum absolute atomic E-state index is 0.0496. The second-order valence-corrected chi connectivity index (χ2v) is 5.49. The normalized spacial score (nSPS) is 29.7. The molecule has 1 aromatic rings. The average molecular weight is 259 g/mol. The van der Waals surface area contributed by atoms with Gasteiger partial charge in [0.15, 0.2) is 0 Å². The lowest BCUT2D eigenvalue weighted by Gasteiger charge is -2.40. The van der Waals surface area contributed by atoms with E-state index in [4.69, 9.17) is 4.74 Å². The Bertz CT molecular complexity index is 521. The Labute approximate surface area is 112 Å². The van der Waals surface area contributed by atoms with Gasteiger partial charge in [-0.1, -0.05) is 11.6 Å². The fraction of sp³-hybridized carbons (Fsp3) is 0.467. The van der Waals surface area contributed by atoms with Crippen LogP contribution in [-0.2, 0) is 4.74 Å². The summed E-state index contributed by atoms with van der Waals surface area (Å²) in [5.74, 6) is 1.07. The second-order valence-electron chi connectivity index (χ2n) is 5.49. The molecular formula is C15H17NO3. The Morgan fingerprint density at radius 2 is 2.05 bits per heavy atom. The molecule has 100 valence electrons. The lowest BCUT2D eigenvalue weighted by Crippen LogP contribution is -2.32. The van der Waals surface area contributed by atoms with Crippen molar-refractivity contribution in [2.45, 2.75) is 25.9 Å². The first-order valence-corrected chi connectivity index (χ1v) is 6.68. The second kappa shape index (κ2) is 4.78. The molecule has 1 fully saturated rings. The fourth-order valence-electron chi connectivity index (χ4n) is 3.11. The lowest BCUT2D eigenvalue weighted by atomic mass is 9.75. The van der Waals surface area contributed by atoms with Gasteiger partial charge in [-0.2, -0.15) is 0 Å². The summed E-state index contributed by atoms with van der Waals surface area (Å²) < 4.78 is 5.99. The van der Waals surface area contributed by atoms with Gasteiger partial charge in [-0.15, -0.1) is 0 Å². The molecule has 0 spiro atoms. The summed E-state index contributed by atoms with van der Waals surface area (Å²) >= 11 is 0. The molecule has 1 aliphatic heterocycles. The average Bonchev–Trinajstić information content (AvgIpc) is 2.43. The summed E-state index contributed by atoms with van der Waals surface area (Å²) in [4.78, 5) is 10.3. The van der Waals surface area contributed by atoms with Gasteiger partial charge in [0.2, 0.25) is 0 Å². The van der Waals surface area contributed by atoms with Crippen molar-refractivity contribution in [3.8, 4) is 0 Å². The molecule has 4 nitrogen and oxygen atoms in total. The van der Waals surface area contributed by atoms with Crippen LogP contribution in [0.15, 0.2) is 35.9 Å². The maximum absolute atomic E-state index is 10.7. The van der Waals surface area contributed by atoms with E-state index in [-0.39, 0.29) is 16.7 Å². The minimum atomic E-state index is -0.368. The molecule has 0 aromatic heterocycles. The first-order chi connectivity index (χ1) is 9.15. The van der Waals surface area contributed by atoms with Crippen LogP contribution in [0, 0.1) is 22.0 Å². The molecule has 1 aliphatic carbocycles. The third-order valence-corrected chi connectivity index (χ3v) is 4.25. The summed E-state index contributed by atoms with van der Waals surface area (Å²) in [7, 11) is 0. The zero-order valence-electron chi connectivity index (χ0n) is 10.9. The van der Waals surface area contributed by atoms with E-state index < -0.39 is 0 Å². The highest BCUT2D eigenvalue weighted by atomic mass is 16.6. The van der Waals surface area contributed by atoms with Gasteiger partial charge in [0.05, 0.1) is 17.6 Å². The molecule has 1 heterocycles. The van der Waals surface area contributed by atoms with Gasteiger partial charge in [-0.05, 0) is 43.4 Å². The van der Waals surface area contributed by atoms with Crippen molar-refractivity contribution in [3.05, 3.63) is 51.6 Å². The van der Waals surface area contributed by atoms with E-state index in [1.165, 1.54) is 12.0 Å². The lowest BCUT2D eigenvalue weighted by molar-refractivity contribution is -0.384. The molecule has 3 atom stereocenters. The summed E-state index contributed by atoms with van der Waals surface area (Å²) in [6, 6.07) is 6.77. The van der Waals surface area contributed by atoms with Crippen LogP contribution in [0.4, 0.5) is 5.69 Å². The van der Waals surface area contributed by atoms with Crippen molar-refractivity contribution in [1.82, 2.24) is 0 Å². The maximum atomic E-state index is 10.7. The number of nitro groups is 1. The van der Waals surface area contributed by atoms with Gasteiger partial charge >= 0.3 is 0 Å². The van der Waals surface area contributed by atoms with E-state index in [1.54, 1.807) is 12.1 Å². The predicted molar refractivity (Wildman–Crippen MR) is 71.8 cm³/mol. The van der Waals surface area contributed by atoms with Crippen LogP contribution in [0.1, 0.15) is 31.4 Å². The van der Waals surface area contributed by atoms with E-state index in [0.717, 1.165) is 18.6 Å². The van der Waals surface area contributed by atoms with Gasteiger partial charge in [0, 0.05) is 18.1 Å². The quantitative estimate of drug-likeness (QED) is 0.463. The smallest absolute Gasteiger partial charge is 0.269 e. The molecule has 0 saturated carbocycles. The number of hydrogen-bond donors (Lipinski definition) is 0. The maximum Gasteiger partial charge on any atom is 0.269 e. The molecule has 0 N–H and O–H groups in total. The van der Waals surface area contributed by atoms with Gasteiger partial charge in [0.1, 0.15) is 0 Å². The molecule has 3 rings (SSSR count). The summed E-state index contributed by atoms with van der Waals surface area (Å²) in [5, 5.41) is 10.7. The molecule has 0 radical (unpaired) electrons. The number of fused-ring (bicyclic) bond motifs is 2. The molecular weight excluding hydrogens is 242 g/mol. The fourth-order valence-corrected chi connectivity index (χ4v) is 3.11. The summed E-state index contributed by atoms with van der Waals surface area (Å²) in [6.07, 6.45) is 4.66. The number of allylic oxidation sites excluding steroid dienone is 1. The number of nitrogens with zero attached hydrogens (tertiary/aromatic N) is 1. The SMILES string of the molecule is CC1=CC[C@@H]2CO[C@@H](c3ccc([N+](=O)[O-])cc3)[C@H]1C2. The van der Waals surface area contributed by atoms with Gasteiger partial charge < -0.3 is 4.74 Å². The molecule has 19 heavy (non-hydrogen) atoms. The van der Waals surface area contributed by atoms with E-state index in [1.807, 2.05) is 12.1 Å². The molecule has 0 amide bonds. The standard InChI is InChI=1S/C15H17NO3/c1-10-2-3-11-8-14(10)15(19-9-11)12-4-6-13(7-5-12)16(17)18/h2,4-7,11,14-15H,3,8-9H2,1H3/t11-,14-,15-/m0/s1. The Morgan fingerprint density at radius 3 is 2.74 bits per heavy atom. The van der Waals surface area contributed by atoms with E-state index in [2.05, 4.69) is 13.0 Å². The van der Waals surface area contributed by atoms with Crippen molar-refractivity contribution < 1.29 is 9.66 Å². The number of nitro benzene ring substituents is 1. The number of rotatable bonds is 2. The van der Waals surface area contributed by atoms with E-state index in [9.17, 15) is 10.1 Å². The zero-order valence-corrected chi connectivity index (χ0v) is 10.9. The Kier molecular flexibility index (Phi) is 3.11. The molecule has 2 aliphatic rings. The van der Waals surface area contributed by atoms with Crippen LogP contribution in [0.3, 0.4) is 0 Å². The third kappa shape index (κ3) is 2.28. The van der Waals surface area contributed by atoms with Crippen molar-refractivity contribution >= 4 is 5.69 Å². The predicted octanol–water partition coefficient (Wildman–Crippen LogP) is 3.64. The van der Waals surface area contributed by atoms with Crippen LogP contribution in [0.2, 0.25) is 0 Å². The number of hydrogen-bond acceptors (Lipinski definition) is 3. The Hall–Kier alpha value is -1.68. The van der Waals surface area contributed by atoms with Crippen molar-refractivity contribution in [1.29, 1.82) is 0 Å². The van der Waals surface area contributed by atoms with E-state index >= 15 is 0 Å². The summed E-state index contributed by atoms with van der Waals surface area (Å²) in [6.45, 7) is 2.95. The van der Waals surface area contributed by atoms with Gasteiger partial charge in [0.25, 0.3) is 5.69 Å². The van der Waals surface area contributed by atoms with Crippen molar-refractivity contribution in [2.24, 2.45) is 11.8 Å². The summed E-state index contributed by atoms with van der Waals surface area (Å²) in [5.41, 5.74) is 2.57. The van der Waals surface area contributed by atoms with Crippen molar-refractivity contribution in [3.63, 3.8) is 0 Å². The molecule has 4 heteroatoms. The first-order valence-electron chi connectivity index (χ1n) is 6.68. The van der Waals surface area contributed by atoms with Gasteiger partial charge in [-0.25, -0.2) is 0 Å². The van der Waals surface area contributed by atoms with Crippen LogP contribution in [-0.4, -0.2) is 11.5 Å². The highest BCUT2D eigenvalue weighted by Gasteiger charge is 2.35. The number of non-ortho nitro benzene ring substituents is 1. The first kappa shape index (κ1) is 12.4. The Balaban J connectivity index is 1.87. The van der Waals surface area contributed by atoms with Crippen LogP contribution in [0.5, 0.6) is 0 Å². The van der Waals surface area contributed by atoms with Crippen LogP contribution >= 0.6 is 0 Å². The topological polar surface area (TPSA) is 52.4 Å². The van der Waals surface area contributed by atoms with E-state index in [0.29, 0.717) is 11.8 Å². The molecule has 1 saturated heterocycles. The minimum Gasteiger partial charge on any atom is -0.373 e. The third-order valence-electron chi connectivity index (χ3n) is 4.25. The molecule has 1 aromatic carbocycles. The van der Waals surface area contributed by atoms with Gasteiger partial charge in [-0.3, -0.25) is 10.1 Å². The zero-order chi connectivity index (χ0) is 13.4. The molecule has 2 bridgehead atoms. The largest absolute Gasteiger partial charge is 0.373 e. The van der Waals surface area contributed by atoms with Crippen molar-refractivity contribution in [2.75, 3.05) is 6.61 Å². The molecule has 0 unspecified atom stereocenters. The highest BCUT2D eigenvalue weighted by Crippen LogP contribution is 2.44. The monoisotopic (exact) mass is 259 g/mol. The highest BCUT2D eigenvalue weighted by molar-refractivity contribution is 5.35. The number of benzene rings is 1. The van der Waals surface area contributed by atoms with Crippen LogP contribution < -0.4 is 0 Å². The Morgan fingerprint density at radius 1 is 1.32 bits per heavy atom.